The molecule has 1 aromatic carbocycles. The lowest BCUT2D eigenvalue weighted by molar-refractivity contribution is -0.144. The maximum absolute atomic E-state index is 13.7. The summed E-state index contributed by atoms with van der Waals surface area (Å²) < 4.78 is 12.3. The molecule has 0 radical (unpaired) electrons. The largest absolute Gasteiger partial charge is 0.496 e. The van der Waals surface area contributed by atoms with Crippen LogP contribution in [0.25, 0.3) is 21.6 Å². The Labute approximate surface area is 266 Å². The third-order valence-corrected chi connectivity index (χ3v) is 10.3. The predicted octanol–water partition coefficient (Wildman–Crippen LogP) is 5.39. The highest BCUT2D eigenvalue weighted by Crippen LogP contribution is 2.47. The zero-order valence-electron chi connectivity index (χ0n) is 26.1. The lowest BCUT2D eigenvalue weighted by Gasteiger charge is -2.22. The number of hydrogen-bond acceptors (Lipinski definition) is 8. The Morgan fingerprint density at radius 2 is 1.89 bits per heavy atom. The molecule has 6 rings (SSSR count). The number of aromatic nitrogens is 2. The molecule has 238 valence electrons. The average molecular weight is 633 g/mol. The molecular weight excluding hydrogens is 592 g/mol. The highest BCUT2D eigenvalue weighted by Gasteiger charge is 2.61. The first kappa shape index (κ1) is 31.0. The number of rotatable bonds is 6. The normalized spacial score (nSPS) is 27.6. The van der Waals surface area contributed by atoms with Gasteiger partial charge in [0.15, 0.2) is 0 Å². The van der Waals surface area contributed by atoms with E-state index in [1.54, 1.807) is 7.11 Å². The smallest absolute Gasteiger partial charge is 0.330 e. The van der Waals surface area contributed by atoms with Gasteiger partial charge in [-0.2, -0.15) is 0 Å². The first-order chi connectivity index (χ1) is 21.6. The van der Waals surface area contributed by atoms with Crippen molar-refractivity contribution in [2.75, 3.05) is 13.7 Å². The first-order valence-electron chi connectivity index (χ1n) is 15.7. The van der Waals surface area contributed by atoms with Crippen molar-refractivity contribution in [1.29, 1.82) is 0 Å². The molecule has 0 saturated heterocycles. The number of pyridine rings is 1. The molecule has 2 amide bonds. The van der Waals surface area contributed by atoms with Gasteiger partial charge in [-0.25, -0.2) is 14.8 Å². The molecule has 45 heavy (non-hydrogen) atoms. The van der Waals surface area contributed by atoms with Gasteiger partial charge in [-0.1, -0.05) is 26.0 Å². The molecule has 10 nitrogen and oxygen atoms in total. The fourth-order valence-electron chi connectivity index (χ4n) is 6.59. The number of thiazole rings is 1. The molecule has 3 N–H and O–H groups in total. The van der Waals surface area contributed by atoms with Gasteiger partial charge in [0.05, 0.1) is 30.2 Å². The highest BCUT2D eigenvalue weighted by atomic mass is 32.1. The van der Waals surface area contributed by atoms with Crippen molar-refractivity contribution in [2.45, 2.75) is 76.9 Å². The number of benzene rings is 1. The Balaban J connectivity index is 1.33. The summed E-state index contributed by atoms with van der Waals surface area (Å²) in [5.74, 6) is -1.71. The fourth-order valence-corrected chi connectivity index (χ4v) is 7.53. The summed E-state index contributed by atoms with van der Waals surface area (Å²) in [6, 6.07) is 5.68. The Hall–Kier alpha value is -3.99. The molecule has 2 saturated carbocycles. The second kappa shape index (κ2) is 12.4. The minimum Gasteiger partial charge on any atom is -0.496 e. The average Bonchev–Trinajstić information content (AvgIpc) is 3.33. The number of methoxy groups -OCH3 is 1. The van der Waals surface area contributed by atoms with Crippen LogP contribution in [0.15, 0.2) is 35.7 Å². The number of fused-ring (bicyclic) bond motifs is 3. The van der Waals surface area contributed by atoms with E-state index in [2.05, 4.69) is 24.5 Å². The van der Waals surface area contributed by atoms with Crippen LogP contribution in [0, 0.1) is 24.7 Å². The molecule has 0 bridgehead atoms. The quantitative estimate of drug-likeness (QED) is 0.308. The number of ether oxygens (including phenoxy) is 2. The molecule has 0 unspecified atom stereocenters. The van der Waals surface area contributed by atoms with Crippen LogP contribution >= 0.6 is 11.3 Å². The molecule has 2 aliphatic carbocycles. The molecule has 5 atom stereocenters. The predicted molar refractivity (Wildman–Crippen MR) is 171 cm³/mol. The van der Waals surface area contributed by atoms with Gasteiger partial charge in [-0.3, -0.25) is 9.59 Å². The molecule has 3 aliphatic rings. The second-order valence-electron chi connectivity index (χ2n) is 12.7. The van der Waals surface area contributed by atoms with E-state index in [1.165, 1.54) is 11.3 Å². The van der Waals surface area contributed by atoms with E-state index in [1.807, 2.05) is 42.7 Å². The topological polar surface area (TPSA) is 140 Å². The van der Waals surface area contributed by atoms with E-state index < -0.39 is 35.4 Å². The van der Waals surface area contributed by atoms with Gasteiger partial charge in [0.1, 0.15) is 33.8 Å². The Kier molecular flexibility index (Phi) is 8.56. The monoisotopic (exact) mass is 632 g/mol. The number of aliphatic carboxylic acids is 1. The second-order valence-corrected chi connectivity index (χ2v) is 13.6. The van der Waals surface area contributed by atoms with E-state index in [9.17, 15) is 19.5 Å². The van der Waals surface area contributed by atoms with E-state index in [0.29, 0.717) is 36.6 Å². The van der Waals surface area contributed by atoms with Gasteiger partial charge in [0, 0.05) is 34.9 Å². The van der Waals surface area contributed by atoms with Gasteiger partial charge in [-0.15, -0.1) is 11.3 Å². The van der Waals surface area contributed by atoms with Crippen LogP contribution in [0.5, 0.6) is 11.5 Å². The van der Waals surface area contributed by atoms with Crippen molar-refractivity contribution in [2.24, 2.45) is 17.8 Å². The SMILES string of the molecule is COc1ccc2c(O[C@H]3C[C@H]4C(=O)NCCCC/C=C\[C@@H]5C[C@@]5(C(=O)O)NC(=O)[C@@H]4C3)cc(-c3nc(C(C)C)cs3)nc2c1C. The van der Waals surface area contributed by atoms with E-state index in [-0.39, 0.29) is 24.2 Å². The first-order valence-corrected chi connectivity index (χ1v) is 16.6. The van der Waals surface area contributed by atoms with Crippen molar-refractivity contribution in [3.63, 3.8) is 0 Å². The summed E-state index contributed by atoms with van der Waals surface area (Å²) >= 11 is 1.53. The number of carbonyl (C=O) groups is 3. The number of carboxylic acids is 1. The van der Waals surface area contributed by atoms with Crippen LogP contribution in [0.3, 0.4) is 0 Å². The summed E-state index contributed by atoms with van der Waals surface area (Å²) in [5, 5.41) is 19.5. The van der Waals surface area contributed by atoms with Gasteiger partial charge in [-0.05, 0) is 63.5 Å². The van der Waals surface area contributed by atoms with Crippen LogP contribution in [-0.4, -0.2) is 58.2 Å². The van der Waals surface area contributed by atoms with Crippen molar-refractivity contribution in [3.8, 4) is 22.2 Å². The minimum atomic E-state index is -1.33. The third-order valence-electron chi connectivity index (χ3n) is 9.39. The number of carbonyl (C=O) groups excluding carboxylic acids is 2. The molecule has 3 heterocycles. The molecule has 3 aromatic rings. The maximum atomic E-state index is 13.7. The third kappa shape index (κ3) is 6.02. The number of amides is 2. The van der Waals surface area contributed by atoms with Crippen molar-refractivity contribution < 1.29 is 29.0 Å². The van der Waals surface area contributed by atoms with Crippen LogP contribution in [0.1, 0.15) is 69.5 Å². The number of nitrogens with one attached hydrogen (secondary N) is 2. The molecule has 0 spiro atoms. The van der Waals surface area contributed by atoms with Crippen molar-refractivity contribution >= 4 is 40.0 Å². The Morgan fingerprint density at radius 1 is 1.11 bits per heavy atom. The molecular formula is C34H40N4O6S. The van der Waals surface area contributed by atoms with E-state index >= 15 is 0 Å². The van der Waals surface area contributed by atoms with Crippen LogP contribution in [-0.2, 0) is 14.4 Å². The van der Waals surface area contributed by atoms with Crippen LogP contribution in [0.2, 0.25) is 0 Å². The number of carboxylic acid groups (broad SMARTS) is 1. The maximum Gasteiger partial charge on any atom is 0.330 e. The zero-order chi connectivity index (χ0) is 31.9. The van der Waals surface area contributed by atoms with Gasteiger partial charge in [0.2, 0.25) is 11.8 Å². The zero-order valence-corrected chi connectivity index (χ0v) is 26.9. The lowest BCUT2D eigenvalue weighted by Crippen LogP contribution is -2.49. The highest BCUT2D eigenvalue weighted by molar-refractivity contribution is 7.13. The molecule has 2 fully saturated rings. The minimum absolute atomic E-state index is 0.199. The number of nitrogens with zero attached hydrogens (tertiary/aromatic N) is 2. The van der Waals surface area contributed by atoms with Gasteiger partial charge < -0.3 is 25.2 Å². The summed E-state index contributed by atoms with van der Waals surface area (Å²) in [7, 11) is 1.62. The summed E-state index contributed by atoms with van der Waals surface area (Å²) in [5.41, 5.74) is 1.93. The molecule has 2 aromatic heterocycles. The molecule has 1 aliphatic heterocycles. The van der Waals surface area contributed by atoms with E-state index in [0.717, 1.165) is 46.4 Å². The van der Waals surface area contributed by atoms with Crippen molar-refractivity contribution in [1.82, 2.24) is 20.6 Å². The standard InChI is InChI=1S/C34H40N4O6S/c1-18(2)26-17-45-32(37-26)25-15-28(22-10-11-27(43-4)19(3)29(22)36-25)44-21-13-23-24(14-21)31(40)38-34(33(41)42)16-20(34)9-7-5-6-8-12-35-30(23)39/h7,9-11,15,17-18,20-21,23-24H,5-6,8,12-14,16H2,1-4H3,(H,35,39)(H,38,40)(H,41,42)/b9-7-/t20-,21+,23-,24-,34-/m1/s1. The number of allylic oxidation sites excluding steroid dienone is 1. The summed E-state index contributed by atoms with van der Waals surface area (Å²) in [6.45, 7) is 6.68. The Morgan fingerprint density at radius 3 is 2.60 bits per heavy atom. The fraction of sp³-hybridized carbons (Fsp3) is 0.500. The van der Waals surface area contributed by atoms with Crippen LogP contribution in [0.4, 0.5) is 0 Å². The van der Waals surface area contributed by atoms with Gasteiger partial charge in [0.25, 0.3) is 0 Å². The van der Waals surface area contributed by atoms with Crippen molar-refractivity contribution in [3.05, 3.63) is 47.0 Å². The number of aryl methyl sites for hydroxylation is 1. The Bertz CT molecular complexity index is 1670. The number of hydrogen-bond donors (Lipinski definition) is 3. The van der Waals surface area contributed by atoms with E-state index in [4.69, 9.17) is 19.4 Å². The van der Waals surface area contributed by atoms with Crippen LogP contribution < -0.4 is 20.1 Å². The summed E-state index contributed by atoms with van der Waals surface area (Å²) in [6.07, 6.45) is 6.88. The lowest BCUT2D eigenvalue weighted by atomic mass is 9.93. The summed E-state index contributed by atoms with van der Waals surface area (Å²) in [4.78, 5) is 49.2. The van der Waals surface area contributed by atoms with Gasteiger partial charge >= 0.3 is 5.97 Å². The molecule has 11 heteroatoms.